The molecule has 1 aromatic carbocycles. The van der Waals surface area contributed by atoms with Crippen LogP contribution in [-0.2, 0) is 0 Å². The van der Waals surface area contributed by atoms with Gasteiger partial charge >= 0.3 is 0 Å². The van der Waals surface area contributed by atoms with Gasteiger partial charge in [0.25, 0.3) is 0 Å². The number of rotatable bonds is 2. The van der Waals surface area contributed by atoms with Crippen LogP contribution < -0.4 is 10.6 Å². The van der Waals surface area contributed by atoms with Gasteiger partial charge in [0, 0.05) is 25.2 Å². The lowest BCUT2D eigenvalue weighted by atomic mass is 9.95. The van der Waals surface area contributed by atoms with Crippen LogP contribution in [0.25, 0.3) is 0 Å². The zero-order valence-electron chi connectivity index (χ0n) is 11.9. The van der Waals surface area contributed by atoms with Crippen LogP contribution in [0.4, 0.5) is 5.69 Å². The molecule has 2 rings (SSSR count). The first-order valence-electron chi connectivity index (χ1n) is 6.66. The molecule has 0 spiro atoms. The quantitative estimate of drug-likeness (QED) is 0.871. The van der Waals surface area contributed by atoms with E-state index in [0.29, 0.717) is 6.54 Å². The van der Waals surface area contributed by atoms with Crippen LogP contribution in [0.3, 0.4) is 0 Å². The Morgan fingerprint density at radius 1 is 1.42 bits per heavy atom. The van der Waals surface area contributed by atoms with E-state index in [1.807, 2.05) is 24.3 Å². The Balaban J connectivity index is 2.38. The summed E-state index contributed by atoms with van der Waals surface area (Å²) < 4.78 is 0. The molecule has 0 radical (unpaired) electrons. The molecule has 0 amide bonds. The van der Waals surface area contributed by atoms with Gasteiger partial charge in [-0.3, -0.25) is 4.90 Å². The lowest BCUT2D eigenvalue weighted by molar-refractivity contribution is 0.116. The number of nitrogens with zero attached hydrogens (tertiary/aromatic N) is 3. The molecule has 1 aromatic rings. The van der Waals surface area contributed by atoms with Gasteiger partial charge in [-0.2, -0.15) is 5.26 Å². The minimum Gasteiger partial charge on any atom is -0.363 e. The summed E-state index contributed by atoms with van der Waals surface area (Å²) in [6, 6.07) is 10.3. The van der Waals surface area contributed by atoms with E-state index in [4.69, 9.17) is 5.73 Å². The van der Waals surface area contributed by atoms with E-state index in [1.54, 1.807) is 0 Å². The average Bonchev–Trinajstić information content (AvgIpc) is 2.41. The van der Waals surface area contributed by atoms with Crippen LogP contribution in [-0.4, -0.2) is 43.2 Å². The van der Waals surface area contributed by atoms with Gasteiger partial charge in [0.2, 0.25) is 0 Å². The topological polar surface area (TPSA) is 56.3 Å². The molecule has 1 aliphatic rings. The van der Waals surface area contributed by atoms with E-state index in [0.717, 1.165) is 24.3 Å². The number of likely N-dealkylation sites (N-methyl/N-ethyl adjacent to an activating group) is 1. The molecule has 0 aromatic heterocycles. The highest BCUT2D eigenvalue weighted by atomic mass is 15.3. The first kappa shape index (κ1) is 13.9. The molecule has 0 bridgehead atoms. The van der Waals surface area contributed by atoms with Gasteiger partial charge in [-0.05, 0) is 33.0 Å². The van der Waals surface area contributed by atoms with Crippen molar-refractivity contribution < 1.29 is 0 Å². The van der Waals surface area contributed by atoms with E-state index in [2.05, 4.69) is 36.8 Å². The zero-order valence-corrected chi connectivity index (χ0v) is 11.9. The van der Waals surface area contributed by atoms with Crippen molar-refractivity contribution in [2.45, 2.75) is 25.4 Å². The largest absolute Gasteiger partial charge is 0.363 e. The second kappa shape index (κ2) is 5.20. The maximum Gasteiger partial charge on any atom is 0.101 e. The number of para-hydroxylation sites is 1. The number of hydrogen-bond acceptors (Lipinski definition) is 4. The van der Waals surface area contributed by atoms with Crippen molar-refractivity contribution in [3.05, 3.63) is 29.8 Å². The fourth-order valence-corrected chi connectivity index (χ4v) is 2.63. The third-order valence-corrected chi connectivity index (χ3v) is 4.12. The summed E-state index contributed by atoms with van der Waals surface area (Å²) in [7, 11) is 2.14. The summed E-state index contributed by atoms with van der Waals surface area (Å²) >= 11 is 0. The number of nitriles is 1. The Bertz CT molecular complexity index is 489. The van der Waals surface area contributed by atoms with E-state index >= 15 is 0 Å². The lowest BCUT2D eigenvalue weighted by Gasteiger charge is -2.50. The van der Waals surface area contributed by atoms with Gasteiger partial charge in [0.15, 0.2) is 0 Å². The van der Waals surface area contributed by atoms with Crippen molar-refractivity contribution in [2.75, 3.05) is 31.6 Å². The Morgan fingerprint density at radius 2 is 2.11 bits per heavy atom. The first-order valence-corrected chi connectivity index (χ1v) is 6.66. The molecule has 2 N–H and O–H groups in total. The van der Waals surface area contributed by atoms with E-state index in [-0.39, 0.29) is 11.6 Å². The number of piperazine rings is 1. The third kappa shape index (κ3) is 2.58. The molecule has 1 heterocycles. The maximum absolute atomic E-state index is 9.27. The van der Waals surface area contributed by atoms with Crippen LogP contribution in [0.2, 0.25) is 0 Å². The fraction of sp³-hybridized carbons (Fsp3) is 0.533. The molecule has 0 aliphatic carbocycles. The van der Waals surface area contributed by atoms with Crippen LogP contribution in [0.5, 0.6) is 0 Å². The standard InChI is InChI=1S/C15H22N4/c1-15(2)11-19(13(9-17)10-18(15)3)14-7-5-4-6-12(14)8-16/h4-7,13H,9-11,17H2,1-3H3. The molecule has 4 nitrogen and oxygen atoms in total. The summed E-state index contributed by atoms with van der Waals surface area (Å²) in [5, 5.41) is 9.27. The van der Waals surface area contributed by atoms with Crippen LogP contribution in [0.15, 0.2) is 24.3 Å². The van der Waals surface area contributed by atoms with Gasteiger partial charge in [-0.25, -0.2) is 0 Å². The summed E-state index contributed by atoms with van der Waals surface area (Å²) in [4.78, 5) is 4.63. The minimum atomic E-state index is 0.0776. The molecule has 1 unspecified atom stereocenters. The Labute approximate surface area is 115 Å². The second-order valence-corrected chi connectivity index (χ2v) is 5.84. The third-order valence-electron chi connectivity index (χ3n) is 4.12. The Morgan fingerprint density at radius 3 is 2.74 bits per heavy atom. The highest BCUT2D eigenvalue weighted by Crippen LogP contribution is 2.29. The summed E-state index contributed by atoms with van der Waals surface area (Å²) in [6.07, 6.45) is 0. The molecule has 1 atom stereocenters. The van der Waals surface area contributed by atoms with E-state index in [9.17, 15) is 5.26 Å². The molecule has 4 heteroatoms. The number of benzene rings is 1. The van der Waals surface area contributed by atoms with Gasteiger partial charge in [-0.15, -0.1) is 0 Å². The van der Waals surface area contributed by atoms with E-state index < -0.39 is 0 Å². The van der Waals surface area contributed by atoms with Crippen molar-refractivity contribution in [3.8, 4) is 6.07 Å². The summed E-state index contributed by atoms with van der Waals surface area (Å²) in [5.74, 6) is 0. The minimum absolute atomic E-state index is 0.0776. The van der Waals surface area contributed by atoms with Crippen LogP contribution in [0.1, 0.15) is 19.4 Å². The normalized spacial score (nSPS) is 23.1. The SMILES string of the molecule is CN1CC(CN)N(c2ccccc2C#N)CC1(C)C. The number of hydrogen-bond donors (Lipinski definition) is 1. The predicted octanol–water partition coefficient (Wildman–Crippen LogP) is 1.42. The monoisotopic (exact) mass is 258 g/mol. The molecular weight excluding hydrogens is 236 g/mol. The van der Waals surface area contributed by atoms with Gasteiger partial charge in [0.05, 0.1) is 17.3 Å². The van der Waals surface area contributed by atoms with Gasteiger partial charge < -0.3 is 10.6 Å². The van der Waals surface area contributed by atoms with Crippen molar-refractivity contribution in [1.82, 2.24) is 4.90 Å². The second-order valence-electron chi connectivity index (χ2n) is 5.84. The Hall–Kier alpha value is -1.57. The lowest BCUT2D eigenvalue weighted by Crippen LogP contribution is -2.64. The Kier molecular flexibility index (Phi) is 3.79. The first-order chi connectivity index (χ1) is 8.99. The molecule has 19 heavy (non-hydrogen) atoms. The molecule has 102 valence electrons. The van der Waals surface area contributed by atoms with Crippen molar-refractivity contribution >= 4 is 5.69 Å². The van der Waals surface area contributed by atoms with Crippen LogP contribution >= 0.6 is 0 Å². The molecule has 1 fully saturated rings. The van der Waals surface area contributed by atoms with Gasteiger partial charge in [0.1, 0.15) is 6.07 Å². The number of anilines is 1. The number of nitrogens with two attached hydrogens (primary N) is 1. The highest BCUT2D eigenvalue weighted by Gasteiger charge is 2.36. The zero-order chi connectivity index (χ0) is 14.0. The van der Waals surface area contributed by atoms with Crippen molar-refractivity contribution in [2.24, 2.45) is 5.73 Å². The molecule has 1 saturated heterocycles. The predicted molar refractivity (Wildman–Crippen MR) is 78.1 cm³/mol. The maximum atomic E-state index is 9.27. The van der Waals surface area contributed by atoms with E-state index in [1.165, 1.54) is 0 Å². The molecule has 0 saturated carbocycles. The van der Waals surface area contributed by atoms with Crippen molar-refractivity contribution in [3.63, 3.8) is 0 Å². The molecular formula is C15H22N4. The smallest absolute Gasteiger partial charge is 0.101 e. The highest BCUT2D eigenvalue weighted by molar-refractivity contribution is 5.60. The van der Waals surface area contributed by atoms with Crippen molar-refractivity contribution in [1.29, 1.82) is 5.26 Å². The summed E-state index contributed by atoms with van der Waals surface area (Å²) in [5.41, 5.74) is 7.72. The van der Waals surface area contributed by atoms with Gasteiger partial charge in [-0.1, -0.05) is 12.1 Å². The van der Waals surface area contributed by atoms with Crippen LogP contribution in [0, 0.1) is 11.3 Å². The molecule has 1 aliphatic heterocycles. The summed E-state index contributed by atoms with van der Waals surface area (Å²) in [6.45, 7) is 6.84. The average molecular weight is 258 g/mol. The fourth-order valence-electron chi connectivity index (χ4n) is 2.63.